The van der Waals surface area contributed by atoms with Gasteiger partial charge in [0, 0.05) is 39.3 Å². The first-order valence-corrected chi connectivity index (χ1v) is 11.4. The lowest BCUT2D eigenvalue weighted by Crippen LogP contribution is -2.44. The summed E-state index contributed by atoms with van der Waals surface area (Å²) in [7, 11) is 0. The molecule has 1 aliphatic carbocycles. The standard InChI is InChI=1S/C20H29ClN8O/c21-16-18(23-14(12-30)11-13-3-4-13)25-17-15(24-16)19(28-7-1-2-8-28)27-20(26-17)29-9-5-22-6-10-29/h13-14,22,30H,1-12H2,(H,23,25,26,27). The molecule has 10 heteroatoms. The highest BCUT2D eigenvalue weighted by Crippen LogP contribution is 2.35. The van der Waals surface area contributed by atoms with Crippen LogP contribution in [0.15, 0.2) is 0 Å². The molecule has 2 aromatic heterocycles. The number of aromatic nitrogens is 4. The molecule has 2 aromatic rings. The second kappa shape index (κ2) is 8.64. The van der Waals surface area contributed by atoms with E-state index in [2.05, 4.69) is 25.4 Å². The Morgan fingerprint density at radius 1 is 1.03 bits per heavy atom. The van der Waals surface area contributed by atoms with Gasteiger partial charge in [0.15, 0.2) is 28.0 Å². The molecule has 1 unspecified atom stereocenters. The first-order valence-electron chi connectivity index (χ1n) is 11.0. The second-order valence-electron chi connectivity index (χ2n) is 8.52. The zero-order chi connectivity index (χ0) is 20.5. The summed E-state index contributed by atoms with van der Waals surface area (Å²) in [5.74, 6) is 2.69. The fourth-order valence-electron chi connectivity index (χ4n) is 4.28. The van der Waals surface area contributed by atoms with E-state index in [1.807, 2.05) is 0 Å². The minimum absolute atomic E-state index is 0.0430. The number of nitrogens with zero attached hydrogens (tertiary/aromatic N) is 6. The van der Waals surface area contributed by atoms with Crippen molar-refractivity contribution in [3.63, 3.8) is 0 Å². The lowest BCUT2D eigenvalue weighted by Gasteiger charge is -2.28. The van der Waals surface area contributed by atoms with Crippen LogP contribution in [0.5, 0.6) is 0 Å². The quantitative estimate of drug-likeness (QED) is 0.602. The molecule has 1 saturated carbocycles. The van der Waals surface area contributed by atoms with Crippen LogP contribution in [0.4, 0.5) is 17.6 Å². The largest absolute Gasteiger partial charge is 0.394 e. The van der Waals surface area contributed by atoms with Crippen LogP contribution >= 0.6 is 11.6 Å². The van der Waals surface area contributed by atoms with Crippen molar-refractivity contribution < 1.29 is 5.11 Å². The molecule has 3 fully saturated rings. The smallest absolute Gasteiger partial charge is 0.229 e. The minimum atomic E-state index is -0.0747. The van der Waals surface area contributed by atoms with E-state index in [1.54, 1.807) is 0 Å². The number of hydrogen-bond acceptors (Lipinski definition) is 9. The molecular weight excluding hydrogens is 404 g/mol. The van der Waals surface area contributed by atoms with Gasteiger partial charge >= 0.3 is 0 Å². The predicted octanol–water partition coefficient (Wildman–Crippen LogP) is 1.66. The summed E-state index contributed by atoms with van der Waals surface area (Å²) >= 11 is 6.51. The van der Waals surface area contributed by atoms with E-state index in [-0.39, 0.29) is 12.6 Å². The SMILES string of the molecule is OCC(CC1CC1)Nc1nc2nc(N3CCNCC3)nc(N3CCCC3)c2nc1Cl. The molecule has 0 amide bonds. The fraction of sp³-hybridized carbons (Fsp3) is 0.700. The van der Waals surface area contributed by atoms with Crippen LogP contribution in [0.3, 0.4) is 0 Å². The van der Waals surface area contributed by atoms with Crippen LogP contribution in [0.2, 0.25) is 5.15 Å². The van der Waals surface area contributed by atoms with Crippen molar-refractivity contribution >= 4 is 40.3 Å². The molecule has 9 nitrogen and oxygen atoms in total. The summed E-state index contributed by atoms with van der Waals surface area (Å²) < 4.78 is 0. The van der Waals surface area contributed by atoms with Crippen LogP contribution in [0, 0.1) is 5.92 Å². The van der Waals surface area contributed by atoms with Gasteiger partial charge in [0.05, 0.1) is 12.6 Å². The van der Waals surface area contributed by atoms with Crippen molar-refractivity contribution in [3.8, 4) is 0 Å². The third-order valence-corrected chi connectivity index (χ3v) is 6.40. The van der Waals surface area contributed by atoms with Gasteiger partial charge in [-0.3, -0.25) is 0 Å². The summed E-state index contributed by atoms with van der Waals surface area (Å²) in [6.45, 7) is 5.52. The fourth-order valence-corrected chi connectivity index (χ4v) is 4.46. The van der Waals surface area contributed by atoms with Crippen molar-refractivity contribution in [2.45, 2.75) is 38.1 Å². The van der Waals surface area contributed by atoms with E-state index in [9.17, 15) is 5.11 Å². The van der Waals surface area contributed by atoms with Gasteiger partial charge in [0.2, 0.25) is 5.95 Å². The molecule has 30 heavy (non-hydrogen) atoms. The lowest BCUT2D eigenvalue weighted by molar-refractivity contribution is 0.265. The molecule has 0 radical (unpaired) electrons. The van der Waals surface area contributed by atoms with Crippen molar-refractivity contribution in [1.29, 1.82) is 0 Å². The van der Waals surface area contributed by atoms with Crippen molar-refractivity contribution in [2.24, 2.45) is 5.92 Å². The lowest BCUT2D eigenvalue weighted by atomic mass is 10.1. The van der Waals surface area contributed by atoms with Gasteiger partial charge < -0.3 is 25.5 Å². The molecule has 3 N–H and O–H groups in total. The van der Waals surface area contributed by atoms with Crippen molar-refractivity contribution in [2.75, 3.05) is 61.0 Å². The summed E-state index contributed by atoms with van der Waals surface area (Å²) in [5.41, 5.74) is 1.20. The Hall–Kier alpha value is -1.97. The number of rotatable bonds is 7. The normalized spacial score (nSPS) is 20.7. The van der Waals surface area contributed by atoms with Gasteiger partial charge in [-0.05, 0) is 25.2 Å². The molecule has 0 bridgehead atoms. The van der Waals surface area contributed by atoms with Gasteiger partial charge in [-0.15, -0.1) is 0 Å². The van der Waals surface area contributed by atoms with E-state index < -0.39 is 0 Å². The van der Waals surface area contributed by atoms with Crippen molar-refractivity contribution in [1.82, 2.24) is 25.3 Å². The van der Waals surface area contributed by atoms with E-state index in [0.717, 1.165) is 64.3 Å². The Balaban J connectivity index is 1.52. The maximum Gasteiger partial charge on any atom is 0.229 e. The van der Waals surface area contributed by atoms with E-state index >= 15 is 0 Å². The number of fused-ring (bicyclic) bond motifs is 1. The minimum Gasteiger partial charge on any atom is -0.394 e. The topological polar surface area (TPSA) is 102 Å². The van der Waals surface area contributed by atoms with Crippen LogP contribution in [-0.4, -0.2) is 77.0 Å². The monoisotopic (exact) mass is 432 g/mol. The molecular formula is C20H29ClN8O. The maximum atomic E-state index is 9.77. The molecule has 0 aromatic carbocycles. The Morgan fingerprint density at radius 2 is 1.80 bits per heavy atom. The summed E-state index contributed by atoms with van der Waals surface area (Å²) in [6.07, 6.45) is 5.68. The zero-order valence-corrected chi connectivity index (χ0v) is 17.9. The third-order valence-electron chi connectivity index (χ3n) is 6.14. The Bertz CT molecular complexity index is 896. The van der Waals surface area contributed by atoms with Crippen molar-refractivity contribution in [3.05, 3.63) is 5.15 Å². The third kappa shape index (κ3) is 4.24. The summed E-state index contributed by atoms with van der Waals surface area (Å²) in [5, 5.41) is 16.7. The Labute approximate surface area is 181 Å². The number of aliphatic hydroxyl groups is 1. The summed E-state index contributed by atoms with van der Waals surface area (Å²) in [4.78, 5) is 23.5. The number of nitrogens with one attached hydrogen (secondary N) is 2. The number of halogens is 1. The Kier molecular flexibility index (Phi) is 5.75. The molecule has 2 saturated heterocycles. The highest BCUT2D eigenvalue weighted by Gasteiger charge is 2.27. The van der Waals surface area contributed by atoms with Gasteiger partial charge in [-0.1, -0.05) is 24.4 Å². The highest BCUT2D eigenvalue weighted by molar-refractivity contribution is 6.32. The molecule has 162 valence electrons. The van der Waals surface area contributed by atoms with E-state index in [4.69, 9.17) is 26.6 Å². The number of anilines is 3. The number of piperazine rings is 1. The highest BCUT2D eigenvalue weighted by atomic mass is 35.5. The van der Waals surface area contributed by atoms with Gasteiger partial charge in [-0.2, -0.15) is 9.97 Å². The predicted molar refractivity (Wildman–Crippen MR) is 119 cm³/mol. The number of hydrogen-bond donors (Lipinski definition) is 3. The molecule has 3 aliphatic rings. The molecule has 2 aliphatic heterocycles. The average molecular weight is 433 g/mol. The van der Waals surface area contributed by atoms with Crippen LogP contribution < -0.4 is 20.4 Å². The van der Waals surface area contributed by atoms with Gasteiger partial charge in [0.1, 0.15) is 0 Å². The summed E-state index contributed by atoms with van der Waals surface area (Å²) in [6, 6.07) is -0.0747. The van der Waals surface area contributed by atoms with Gasteiger partial charge in [0.25, 0.3) is 0 Å². The molecule has 4 heterocycles. The maximum absolute atomic E-state index is 9.77. The zero-order valence-electron chi connectivity index (χ0n) is 17.1. The van der Waals surface area contributed by atoms with Crippen LogP contribution in [0.1, 0.15) is 32.1 Å². The van der Waals surface area contributed by atoms with Crippen LogP contribution in [0.25, 0.3) is 11.2 Å². The molecule has 5 rings (SSSR count). The molecule has 0 spiro atoms. The van der Waals surface area contributed by atoms with Crippen LogP contribution in [-0.2, 0) is 0 Å². The van der Waals surface area contributed by atoms with E-state index in [1.165, 1.54) is 12.8 Å². The first-order chi connectivity index (χ1) is 14.7. The average Bonchev–Trinajstić information content (AvgIpc) is 3.42. The van der Waals surface area contributed by atoms with E-state index in [0.29, 0.717) is 34.0 Å². The Morgan fingerprint density at radius 3 is 2.50 bits per heavy atom. The second-order valence-corrected chi connectivity index (χ2v) is 8.87. The van der Waals surface area contributed by atoms with Gasteiger partial charge in [-0.25, -0.2) is 9.97 Å². The molecule has 1 atom stereocenters. The number of aliphatic hydroxyl groups excluding tert-OH is 1. The first kappa shape index (κ1) is 20.0.